The zero-order valence-corrected chi connectivity index (χ0v) is 24.6. The molecule has 7 nitrogen and oxygen atoms in total. The van der Waals surface area contributed by atoms with Gasteiger partial charge in [0.25, 0.3) is 0 Å². The van der Waals surface area contributed by atoms with E-state index in [0.717, 1.165) is 73.8 Å². The molecule has 0 bridgehead atoms. The number of aromatic nitrogens is 3. The van der Waals surface area contributed by atoms with Gasteiger partial charge in [0.05, 0.1) is 24.3 Å². The van der Waals surface area contributed by atoms with Crippen LogP contribution < -0.4 is 10.4 Å². The molecule has 3 aromatic carbocycles. The molecular weight excluding hydrogens is 571 g/mol. The maximum atomic E-state index is 13.5. The Labute approximate surface area is 253 Å². The Morgan fingerprint density at radius 1 is 0.955 bits per heavy atom. The summed E-state index contributed by atoms with van der Waals surface area (Å²) in [6.45, 7) is 2.31. The smallest absolute Gasteiger partial charge is 0.416 e. The van der Waals surface area contributed by atoms with E-state index in [1.165, 1.54) is 16.8 Å². The predicted molar refractivity (Wildman–Crippen MR) is 161 cm³/mol. The van der Waals surface area contributed by atoms with Crippen LogP contribution in [0, 0.1) is 0 Å². The van der Waals surface area contributed by atoms with E-state index in [9.17, 15) is 27.9 Å². The first-order chi connectivity index (χ1) is 21.1. The molecule has 0 unspecified atom stereocenters. The largest absolute Gasteiger partial charge is 0.494 e. The summed E-state index contributed by atoms with van der Waals surface area (Å²) < 4.78 is 47.8. The SMILES string of the molecule is CCOc1ccc(-c2ccc(CCCc3nn(-c4ccc(C(F)(F)F)cc4)c(=O)n3C3CCCCC3)cc2)cc1CC(=O)O. The minimum atomic E-state index is -4.45. The van der Waals surface area contributed by atoms with Gasteiger partial charge in [-0.2, -0.15) is 17.9 Å². The van der Waals surface area contributed by atoms with Crippen LogP contribution in [0.4, 0.5) is 13.2 Å². The van der Waals surface area contributed by atoms with Crippen molar-refractivity contribution in [1.29, 1.82) is 0 Å². The number of alkyl halides is 3. The van der Waals surface area contributed by atoms with Crippen molar-refractivity contribution >= 4 is 5.97 Å². The van der Waals surface area contributed by atoms with Gasteiger partial charge in [0, 0.05) is 18.0 Å². The third kappa shape index (κ3) is 7.23. The number of aryl methyl sites for hydroxylation is 2. The average Bonchev–Trinajstić information content (AvgIpc) is 3.34. The summed E-state index contributed by atoms with van der Waals surface area (Å²) >= 11 is 0. The molecule has 0 saturated heterocycles. The first-order valence-corrected chi connectivity index (χ1v) is 15.1. The van der Waals surface area contributed by atoms with Crippen molar-refractivity contribution in [1.82, 2.24) is 14.3 Å². The van der Waals surface area contributed by atoms with Gasteiger partial charge in [-0.05, 0) is 85.7 Å². The van der Waals surface area contributed by atoms with Gasteiger partial charge in [-0.3, -0.25) is 9.36 Å². The molecule has 0 atom stereocenters. The van der Waals surface area contributed by atoms with Gasteiger partial charge in [-0.1, -0.05) is 49.6 Å². The number of nitrogens with zero attached hydrogens (tertiary/aromatic N) is 3. The molecule has 0 amide bonds. The maximum absolute atomic E-state index is 13.5. The van der Waals surface area contributed by atoms with Crippen LogP contribution in [0.3, 0.4) is 0 Å². The Balaban J connectivity index is 1.31. The Morgan fingerprint density at radius 2 is 1.64 bits per heavy atom. The summed E-state index contributed by atoms with van der Waals surface area (Å²) in [6, 6.07) is 18.3. The van der Waals surface area contributed by atoms with E-state index in [4.69, 9.17) is 4.74 Å². The Kier molecular flexibility index (Phi) is 9.56. The second-order valence-electron chi connectivity index (χ2n) is 11.2. The van der Waals surface area contributed by atoms with Crippen LogP contribution >= 0.6 is 0 Å². The van der Waals surface area contributed by atoms with E-state index < -0.39 is 17.7 Å². The number of hydrogen-bond acceptors (Lipinski definition) is 4. The molecule has 0 aliphatic heterocycles. The zero-order valence-electron chi connectivity index (χ0n) is 24.6. The topological polar surface area (TPSA) is 86.4 Å². The fourth-order valence-electron chi connectivity index (χ4n) is 5.93. The number of rotatable bonds is 11. The standard InChI is InChI=1S/C34H36F3N3O4/c1-2-44-30-20-15-25(21-26(30)22-32(41)42)24-13-11-23(12-14-24)7-6-10-31-38-40(29-18-16-27(17-19-29)34(35,36)37)33(43)39(31)28-8-4-3-5-9-28/h11-21,28H,2-10,22H2,1H3,(H,41,42). The number of benzene rings is 3. The minimum Gasteiger partial charge on any atom is -0.494 e. The Hall–Kier alpha value is -4.34. The fourth-order valence-corrected chi connectivity index (χ4v) is 5.93. The number of halogens is 3. The van der Waals surface area contributed by atoms with E-state index in [0.29, 0.717) is 35.9 Å². The maximum Gasteiger partial charge on any atom is 0.416 e. The van der Waals surface area contributed by atoms with Crippen LogP contribution in [0.2, 0.25) is 0 Å². The quantitative estimate of drug-likeness (QED) is 0.192. The molecule has 1 aromatic heterocycles. The van der Waals surface area contributed by atoms with Crippen LogP contribution in [0.25, 0.3) is 16.8 Å². The van der Waals surface area contributed by atoms with Gasteiger partial charge in [-0.25, -0.2) is 4.79 Å². The van der Waals surface area contributed by atoms with Gasteiger partial charge in [0.15, 0.2) is 0 Å². The summed E-state index contributed by atoms with van der Waals surface area (Å²) in [5.74, 6) is 0.304. The fraction of sp³-hybridized carbons (Fsp3) is 0.382. The Bertz CT molecular complexity index is 1630. The van der Waals surface area contributed by atoms with Crippen molar-refractivity contribution in [3.05, 3.63) is 99.7 Å². The molecule has 0 spiro atoms. The molecule has 10 heteroatoms. The van der Waals surface area contributed by atoms with E-state index in [1.807, 2.05) is 43.3 Å². The van der Waals surface area contributed by atoms with E-state index in [2.05, 4.69) is 5.10 Å². The van der Waals surface area contributed by atoms with Crippen molar-refractivity contribution in [3.63, 3.8) is 0 Å². The first kappa shape index (κ1) is 31.1. The first-order valence-electron chi connectivity index (χ1n) is 15.1. The lowest BCUT2D eigenvalue weighted by molar-refractivity contribution is -0.138. The molecule has 0 radical (unpaired) electrons. The van der Waals surface area contributed by atoms with Crippen molar-refractivity contribution in [2.45, 2.75) is 76.9 Å². The van der Waals surface area contributed by atoms with Crippen LogP contribution in [-0.2, 0) is 30.2 Å². The van der Waals surface area contributed by atoms with E-state index >= 15 is 0 Å². The van der Waals surface area contributed by atoms with Crippen LogP contribution in [0.5, 0.6) is 5.75 Å². The van der Waals surface area contributed by atoms with E-state index in [-0.39, 0.29) is 18.2 Å². The number of carbonyl (C=O) groups is 1. The average molecular weight is 608 g/mol. The minimum absolute atomic E-state index is 0.0360. The molecule has 232 valence electrons. The number of aliphatic carboxylic acids is 1. The van der Waals surface area contributed by atoms with Gasteiger partial charge >= 0.3 is 17.8 Å². The second kappa shape index (κ2) is 13.5. The van der Waals surface area contributed by atoms with Gasteiger partial charge in [0.2, 0.25) is 0 Å². The molecule has 44 heavy (non-hydrogen) atoms. The summed E-state index contributed by atoms with van der Waals surface area (Å²) in [6.07, 6.45) is 2.41. The molecule has 1 aliphatic rings. The van der Waals surface area contributed by atoms with Crippen molar-refractivity contribution < 1.29 is 27.8 Å². The summed E-state index contributed by atoms with van der Waals surface area (Å²) in [7, 11) is 0. The molecule has 1 heterocycles. The third-order valence-corrected chi connectivity index (χ3v) is 8.11. The lowest BCUT2D eigenvalue weighted by Crippen LogP contribution is -2.29. The summed E-state index contributed by atoms with van der Waals surface area (Å²) in [5.41, 5.74) is 2.84. The normalized spacial score (nSPS) is 14.1. The molecule has 1 fully saturated rings. The van der Waals surface area contributed by atoms with E-state index in [1.54, 1.807) is 10.6 Å². The number of carboxylic acid groups (broad SMARTS) is 1. The highest BCUT2D eigenvalue weighted by atomic mass is 19.4. The molecule has 1 saturated carbocycles. The Morgan fingerprint density at radius 3 is 2.27 bits per heavy atom. The number of ether oxygens (including phenoxy) is 1. The summed E-state index contributed by atoms with van der Waals surface area (Å²) in [5, 5.41) is 13.9. The molecule has 1 aliphatic carbocycles. The molecule has 1 N–H and O–H groups in total. The van der Waals surface area contributed by atoms with Crippen molar-refractivity contribution in [2.75, 3.05) is 6.61 Å². The van der Waals surface area contributed by atoms with Crippen LogP contribution in [0.15, 0.2) is 71.5 Å². The van der Waals surface area contributed by atoms with Gasteiger partial charge < -0.3 is 9.84 Å². The lowest BCUT2D eigenvalue weighted by Gasteiger charge is -2.23. The highest BCUT2D eigenvalue weighted by Gasteiger charge is 2.30. The summed E-state index contributed by atoms with van der Waals surface area (Å²) in [4.78, 5) is 24.9. The van der Waals surface area contributed by atoms with Crippen molar-refractivity contribution in [3.8, 4) is 22.6 Å². The highest BCUT2D eigenvalue weighted by Crippen LogP contribution is 2.31. The van der Waals surface area contributed by atoms with Gasteiger partial charge in [0.1, 0.15) is 11.6 Å². The highest BCUT2D eigenvalue weighted by molar-refractivity contribution is 5.74. The van der Waals surface area contributed by atoms with Gasteiger partial charge in [-0.15, -0.1) is 5.10 Å². The van der Waals surface area contributed by atoms with Crippen LogP contribution in [-0.4, -0.2) is 32.0 Å². The predicted octanol–water partition coefficient (Wildman–Crippen LogP) is 7.43. The van der Waals surface area contributed by atoms with Crippen LogP contribution in [0.1, 0.15) is 74.0 Å². The monoisotopic (exact) mass is 607 g/mol. The second-order valence-corrected chi connectivity index (χ2v) is 11.2. The molecule has 5 rings (SSSR count). The number of carboxylic acids is 1. The third-order valence-electron chi connectivity index (χ3n) is 8.11. The molecular formula is C34H36F3N3O4. The molecule has 4 aromatic rings. The number of hydrogen-bond donors (Lipinski definition) is 1. The zero-order chi connectivity index (χ0) is 31.3. The van der Waals surface area contributed by atoms with Crippen molar-refractivity contribution in [2.24, 2.45) is 0 Å². The lowest BCUT2D eigenvalue weighted by atomic mass is 9.95.